The molecule has 0 N–H and O–H groups in total. The molecule has 0 bridgehead atoms. The lowest BCUT2D eigenvalue weighted by Crippen LogP contribution is -2.45. The topological polar surface area (TPSA) is 6.48 Å². The van der Waals surface area contributed by atoms with Crippen LogP contribution in [0.3, 0.4) is 0 Å². The molecule has 0 saturated carbocycles. The predicted octanol–water partition coefficient (Wildman–Crippen LogP) is 5.24. The quantitative estimate of drug-likeness (QED) is 0.632. The van der Waals surface area contributed by atoms with Gasteiger partial charge in [0, 0.05) is 43.0 Å². The molecule has 2 heteroatoms. The Labute approximate surface area is 162 Å². The first-order chi connectivity index (χ1) is 13.4. The molecule has 2 aliphatic heterocycles. The van der Waals surface area contributed by atoms with E-state index in [0.29, 0.717) is 12.0 Å². The van der Waals surface area contributed by atoms with Gasteiger partial charge in [0.25, 0.3) is 0 Å². The lowest BCUT2D eigenvalue weighted by Gasteiger charge is -2.39. The summed E-state index contributed by atoms with van der Waals surface area (Å²) in [6, 6.07) is 31.4. The maximum absolute atomic E-state index is 2.67. The number of nitrogens with zero attached hydrogens (tertiary/aromatic N) is 2. The molecular formula is C25H26N2. The Bertz CT molecular complexity index is 890. The van der Waals surface area contributed by atoms with Gasteiger partial charge >= 0.3 is 0 Å². The Kier molecular flexibility index (Phi) is 4.43. The van der Waals surface area contributed by atoms with Crippen molar-refractivity contribution in [1.82, 2.24) is 4.90 Å². The lowest BCUT2D eigenvalue weighted by atomic mass is 9.89. The molecule has 5 rings (SSSR count). The van der Waals surface area contributed by atoms with Crippen molar-refractivity contribution in [2.24, 2.45) is 0 Å². The zero-order valence-corrected chi connectivity index (χ0v) is 15.7. The van der Waals surface area contributed by atoms with Gasteiger partial charge in [0.2, 0.25) is 0 Å². The Morgan fingerprint density at radius 2 is 1.48 bits per heavy atom. The molecule has 0 spiro atoms. The van der Waals surface area contributed by atoms with Gasteiger partial charge in [-0.2, -0.15) is 0 Å². The number of para-hydroxylation sites is 2. The normalized spacial score (nSPS) is 21.7. The van der Waals surface area contributed by atoms with E-state index >= 15 is 0 Å². The van der Waals surface area contributed by atoms with E-state index in [-0.39, 0.29) is 0 Å². The number of rotatable bonds is 4. The first-order valence-electron chi connectivity index (χ1n) is 10.1. The summed E-state index contributed by atoms with van der Waals surface area (Å²) in [5.74, 6) is 0.603. The molecule has 136 valence electrons. The molecule has 0 aromatic heterocycles. The summed E-state index contributed by atoms with van der Waals surface area (Å²) in [5.41, 5.74) is 5.70. The van der Waals surface area contributed by atoms with Crippen LogP contribution < -0.4 is 4.90 Å². The fraction of sp³-hybridized carbons (Fsp3) is 0.280. The SMILES string of the molecule is c1ccc(CCN2CC[C@@H]3[C@@H](C2)c2ccccc2N3c2ccccc2)cc1. The van der Waals surface area contributed by atoms with Crippen molar-refractivity contribution in [2.75, 3.05) is 24.5 Å². The lowest BCUT2D eigenvalue weighted by molar-refractivity contribution is 0.199. The van der Waals surface area contributed by atoms with Crippen molar-refractivity contribution in [3.63, 3.8) is 0 Å². The van der Waals surface area contributed by atoms with Crippen molar-refractivity contribution >= 4 is 11.4 Å². The maximum atomic E-state index is 2.67. The van der Waals surface area contributed by atoms with E-state index in [9.17, 15) is 0 Å². The number of fused-ring (bicyclic) bond motifs is 3. The van der Waals surface area contributed by atoms with Gasteiger partial charge in [-0.25, -0.2) is 0 Å². The van der Waals surface area contributed by atoms with Crippen LogP contribution in [-0.4, -0.2) is 30.6 Å². The Morgan fingerprint density at radius 3 is 2.30 bits per heavy atom. The second-order valence-electron chi connectivity index (χ2n) is 7.76. The third-order valence-electron chi connectivity index (χ3n) is 6.18. The second-order valence-corrected chi connectivity index (χ2v) is 7.76. The monoisotopic (exact) mass is 354 g/mol. The first-order valence-corrected chi connectivity index (χ1v) is 10.1. The van der Waals surface area contributed by atoms with E-state index in [4.69, 9.17) is 0 Å². The molecule has 3 aromatic rings. The predicted molar refractivity (Wildman–Crippen MR) is 113 cm³/mol. The highest BCUT2D eigenvalue weighted by molar-refractivity contribution is 5.72. The molecule has 0 radical (unpaired) electrons. The molecule has 1 saturated heterocycles. The summed E-state index contributed by atoms with van der Waals surface area (Å²) >= 11 is 0. The molecule has 3 aromatic carbocycles. The molecule has 1 fully saturated rings. The fourth-order valence-electron chi connectivity index (χ4n) is 4.88. The van der Waals surface area contributed by atoms with Crippen molar-refractivity contribution in [2.45, 2.75) is 24.8 Å². The third-order valence-corrected chi connectivity index (χ3v) is 6.18. The fourth-order valence-corrected chi connectivity index (χ4v) is 4.88. The summed E-state index contributed by atoms with van der Waals surface area (Å²) in [7, 11) is 0. The summed E-state index contributed by atoms with van der Waals surface area (Å²) in [6.45, 7) is 3.50. The van der Waals surface area contributed by atoms with E-state index < -0.39 is 0 Å². The van der Waals surface area contributed by atoms with Crippen LogP contribution in [0.1, 0.15) is 23.5 Å². The van der Waals surface area contributed by atoms with Crippen LogP contribution in [-0.2, 0) is 6.42 Å². The van der Waals surface area contributed by atoms with Crippen molar-refractivity contribution in [1.29, 1.82) is 0 Å². The Morgan fingerprint density at radius 1 is 0.778 bits per heavy atom. The highest BCUT2D eigenvalue weighted by Crippen LogP contribution is 2.48. The molecule has 2 aliphatic rings. The van der Waals surface area contributed by atoms with Crippen molar-refractivity contribution in [3.8, 4) is 0 Å². The second kappa shape index (κ2) is 7.21. The van der Waals surface area contributed by atoms with Crippen LogP contribution in [0.2, 0.25) is 0 Å². The minimum Gasteiger partial charge on any atom is -0.337 e. The van der Waals surface area contributed by atoms with Gasteiger partial charge < -0.3 is 9.80 Å². The molecule has 0 amide bonds. The molecule has 0 aliphatic carbocycles. The van der Waals surface area contributed by atoms with Gasteiger partial charge in [-0.05, 0) is 42.2 Å². The van der Waals surface area contributed by atoms with Crippen LogP contribution in [0.15, 0.2) is 84.9 Å². The van der Waals surface area contributed by atoms with Gasteiger partial charge in [-0.15, -0.1) is 0 Å². The summed E-state index contributed by atoms with van der Waals surface area (Å²) < 4.78 is 0. The zero-order chi connectivity index (χ0) is 18.1. The number of piperidine rings is 1. The van der Waals surface area contributed by atoms with E-state index in [1.54, 1.807) is 0 Å². The van der Waals surface area contributed by atoms with Crippen LogP contribution >= 0.6 is 0 Å². The standard InChI is InChI=1S/C25H26N2/c1-3-9-20(10-4-1)15-17-26-18-16-25-23(19-26)22-13-7-8-14-24(22)27(25)21-11-5-2-6-12-21/h1-14,23,25H,15-19H2/t23-,25+/m0/s1. The minimum absolute atomic E-state index is 0.581. The molecule has 2 atom stereocenters. The molecular weight excluding hydrogens is 328 g/mol. The summed E-state index contributed by atoms with van der Waals surface area (Å²) in [4.78, 5) is 5.26. The first kappa shape index (κ1) is 16.6. The highest BCUT2D eigenvalue weighted by Gasteiger charge is 2.42. The van der Waals surface area contributed by atoms with Gasteiger partial charge in [-0.1, -0.05) is 66.7 Å². The van der Waals surface area contributed by atoms with E-state index in [1.807, 2.05) is 0 Å². The highest BCUT2D eigenvalue weighted by atomic mass is 15.2. The number of likely N-dealkylation sites (tertiary alicyclic amines) is 1. The largest absolute Gasteiger partial charge is 0.337 e. The van der Waals surface area contributed by atoms with Crippen LogP contribution in [0, 0.1) is 0 Å². The summed E-state index contributed by atoms with van der Waals surface area (Å²) in [6.07, 6.45) is 2.37. The Hall–Kier alpha value is -2.58. The third kappa shape index (κ3) is 3.15. The van der Waals surface area contributed by atoms with E-state index in [2.05, 4.69) is 94.7 Å². The average Bonchev–Trinajstić information content (AvgIpc) is 3.07. The number of hydrogen-bond acceptors (Lipinski definition) is 2. The average molecular weight is 354 g/mol. The van der Waals surface area contributed by atoms with Gasteiger partial charge in [0.15, 0.2) is 0 Å². The van der Waals surface area contributed by atoms with Crippen LogP contribution in [0.5, 0.6) is 0 Å². The van der Waals surface area contributed by atoms with E-state index in [0.717, 1.165) is 19.5 Å². The number of hydrogen-bond donors (Lipinski definition) is 0. The number of anilines is 2. The summed E-state index contributed by atoms with van der Waals surface area (Å²) in [5, 5.41) is 0. The molecule has 0 unspecified atom stereocenters. The van der Waals surface area contributed by atoms with Gasteiger partial charge in [-0.3, -0.25) is 0 Å². The maximum Gasteiger partial charge on any atom is 0.0450 e. The van der Waals surface area contributed by atoms with Crippen LogP contribution in [0.4, 0.5) is 11.4 Å². The molecule has 2 heterocycles. The van der Waals surface area contributed by atoms with Crippen LogP contribution in [0.25, 0.3) is 0 Å². The smallest absolute Gasteiger partial charge is 0.0450 e. The zero-order valence-electron chi connectivity index (χ0n) is 15.7. The van der Waals surface area contributed by atoms with E-state index in [1.165, 1.54) is 35.5 Å². The molecule has 2 nitrogen and oxygen atoms in total. The van der Waals surface area contributed by atoms with Gasteiger partial charge in [0.05, 0.1) is 0 Å². The van der Waals surface area contributed by atoms with Crippen molar-refractivity contribution in [3.05, 3.63) is 96.1 Å². The minimum atomic E-state index is 0.581. The Balaban J connectivity index is 1.37. The molecule has 27 heavy (non-hydrogen) atoms. The van der Waals surface area contributed by atoms with Gasteiger partial charge in [0.1, 0.15) is 0 Å². The number of benzene rings is 3. The van der Waals surface area contributed by atoms with Crippen molar-refractivity contribution < 1.29 is 0 Å².